The first-order valence-corrected chi connectivity index (χ1v) is 4.28. The fourth-order valence-corrected chi connectivity index (χ4v) is 1.34. The van der Waals surface area contributed by atoms with Gasteiger partial charge in [0.1, 0.15) is 11.5 Å². The van der Waals surface area contributed by atoms with E-state index in [1.807, 2.05) is 0 Å². The average Bonchev–Trinajstić information content (AvgIpc) is 2.74. The molecule has 15 heavy (non-hydrogen) atoms. The number of nitrogen functional groups attached to an aromatic ring is 1. The van der Waals surface area contributed by atoms with E-state index in [4.69, 9.17) is 5.73 Å². The summed E-state index contributed by atoms with van der Waals surface area (Å²) in [5.74, 6) is -0.532. The molecule has 2 N–H and O–H groups in total. The summed E-state index contributed by atoms with van der Waals surface area (Å²) >= 11 is 0. The van der Waals surface area contributed by atoms with Gasteiger partial charge in [0.2, 0.25) is 0 Å². The van der Waals surface area contributed by atoms with Gasteiger partial charge in [-0.15, -0.1) is 4.91 Å². The van der Waals surface area contributed by atoms with Crippen LogP contribution in [0.15, 0.2) is 41.8 Å². The van der Waals surface area contributed by atoms with Crippen molar-refractivity contribution >= 4 is 11.4 Å². The largest absolute Gasteiger partial charge is 0.397 e. The maximum Gasteiger partial charge on any atom is 0.149 e. The van der Waals surface area contributed by atoms with Crippen molar-refractivity contribution in [2.45, 2.75) is 0 Å². The molecule has 5 heteroatoms. The van der Waals surface area contributed by atoms with Crippen molar-refractivity contribution in [1.29, 1.82) is 0 Å². The summed E-state index contributed by atoms with van der Waals surface area (Å²) in [4.78, 5) is 10.3. The first-order chi connectivity index (χ1) is 7.22. The number of aromatic nitrogens is 1. The SMILES string of the molecule is Nc1cc(-n2cccc2)c(F)cc1N=O. The molecule has 0 aliphatic carbocycles. The highest BCUT2D eigenvalue weighted by atomic mass is 19.1. The van der Waals surface area contributed by atoms with Crippen LogP contribution in [-0.2, 0) is 0 Å². The van der Waals surface area contributed by atoms with Crippen LogP contribution in [-0.4, -0.2) is 4.57 Å². The summed E-state index contributed by atoms with van der Waals surface area (Å²) in [7, 11) is 0. The average molecular weight is 205 g/mol. The first-order valence-electron chi connectivity index (χ1n) is 4.28. The number of nitroso groups, excluding NO2 is 1. The van der Waals surface area contributed by atoms with Gasteiger partial charge >= 0.3 is 0 Å². The topological polar surface area (TPSA) is 60.4 Å². The Morgan fingerprint density at radius 3 is 2.53 bits per heavy atom. The number of anilines is 1. The van der Waals surface area contributed by atoms with E-state index in [1.54, 1.807) is 29.1 Å². The summed E-state index contributed by atoms with van der Waals surface area (Å²) in [6.45, 7) is 0. The van der Waals surface area contributed by atoms with Gasteiger partial charge in [0, 0.05) is 18.5 Å². The number of benzene rings is 1. The number of hydrogen-bond donors (Lipinski definition) is 1. The number of halogens is 1. The molecule has 0 saturated carbocycles. The van der Waals surface area contributed by atoms with Gasteiger partial charge in [-0.2, -0.15) is 0 Å². The van der Waals surface area contributed by atoms with Crippen LogP contribution in [0.5, 0.6) is 0 Å². The van der Waals surface area contributed by atoms with Crippen molar-refractivity contribution in [2.24, 2.45) is 5.18 Å². The van der Waals surface area contributed by atoms with E-state index < -0.39 is 5.82 Å². The van der Waals surface area contributed by atoms with Crippen LogP contribution in [0.4, 0.5) is 15.8 Å². The molecule has 0 fully saturated rings. The molecule has 2 aromatic rings. The minimum absolute atomic E-state index is 0.0802. The molecule has 1 aromatic carbocycles. The molecule has 4 nitrogen and oxygen atoms in total. The zero-order valence-electron chi connectivity index (χ0n) is 7.72. The van der Waals surface area contributed by atoms with Crippen LogP contribution >= 0.6 is 0 Å². The highest BCUT2D eigenvalue weighted by Gasteiger charge is 2.09. The standard InChI is InChI=1S/C10H8FN3O/c11-7-5-9(13-15)8(12)6-10(7)14-3-1-2-4-14/h1-6H,12H2. The number of rotatable bonds is 2. The van der Waals surface area contributed by atoms with Crippen molar-refractivity contribution in [2.75, 3.05) is 5.73 Å². The molecule has 0 aliphatic heterocycles. The molecule has 0 saturated heterocycles. The van der Waals surface area contributed by atoms with Gasteiger partial charge in [0.25, 0.3) is 0 Å². The maximum absolute atomic E-state index is 13.5. The molecule has 1 heterocycles. The second-order valence-corrected chi connectivity index (χ2v) is 3.04. The third-order valence-electron chi connectivity index (χ3n) is 2.08. The Kier molecular flexibility index (Phi) is 2.21. The fourth-order valence-electron chi connectivity index (χ4n) is 1.34. The van der Waals surface area contributed by atoms with Gasteiger partial charge in [-0.1, -0.05) is 0 Å². The van der Waals surface area contributed by atoms with Crippen molar-refractivity contribution < 1.29 is 4.39 Å². The molecular weight excluding hydrogens is 197 g/mol. The van der Waals surface area contributed by atoms with Crippen LogP contribution in [0, 0.1) is 10.7 Å². The van der Waals surface area contributed by atoms with Gasteiger partial charge in [0.15, 0.2) is 0 Å². The van der Waals surface area contributed by atoms with E-state index in [0.717, 1.165) is 6.07 Å². The molecule has 0 aliphatic rings. The molecule has 2 rings (SSSR count). The van der Waals surface area contributed by atoms with Crippen LogP contribution in [0.25, 0.3) is 5.69 Å². The predicted molar refractivity (Wildman–Crippen MR) is 55.6 cm³/mol. The van der Waals surface area contributed by atoms with E-state index >= 15 is 0 Å². The quantitative estimate of drug-likeness (QED) is 0.605. The summed E-state index contributed by atoms with van der Waals surface area (Å²) in [5.41, 5.74) is 5.91. The molecule has 0 bridgehead atoms. The van der Waals surface area contributed by atoms with E-state index in [9.17, 15) is 9.30 Å². The lowest BCUT2D eigenvalue weighted by atomic mass is 10.2. The van der Waals surface area contributed by atoms with Crippen molar-refractivity contribution in [3.05, 3.63) is 47.4 Å². The molecule has 0 atom stereocenters. The smallest absolute Gasteiger partial charge is 0.149 e. The highest BCUT2D eigenvalue weighted by molar-refractivity contribution is 5.66. The minimum atomic E-state index is -0.532. The predicted octanol–water partition coefficient (Wildman–Crippen LogP) is 2.60. The third kappa shape index (κ3) is 1.59. The second kappa shape index (κ2) is 3.53. The lowest BCUT2D eigenvalue weighted by Crippen LogP contribution is -1.97. The minimum Gasteiger partial charge on any atom is -0.397 e. The summed E-state index contributed by atoms with van der Waals surface area (Å²) in [5, 5.41) is 2.63. The fraction of sp³-hybridized carbons (Fsp3) is 0. The zero-order valence-corrected chi connectivity index (χ0v) is 7.72. The number of nitrogens with zero attached hydrogens (tertiary/aromatic N) is 2. The number of nitrogens with two attached hydrogens (primary N) is 1. The van der Waals surface area contributed by atoms with Crippen LogP contribution in [0.2, 0.25) is 0 Å². The van der Waals surface area contributed by atoms with Crippen LogP contribution in [0.3, 0.4) is 0 Å². The van der Waals surface area contributed by atoms with Crippen molar-refractivity contribution in [3.8, 4) is 5.69 Å². The molecule has 76 valence electrons. The Bertz CT molecular complexity index is 494. The summed E-state index contributed by atoms with van der Waals surface area (Å²) in [6.07, 6.45) is 3.37. The summed E-state index contributed by atoms with van der Waals surface area (Å²) in [6, 6.07) is 5.94. The molecule has 0 radical (unpaired) electrons. The Balaban J connectivity index is 2.59. The highest BCUT2D eigenvalue weighted by Crippen LogP contribution is 2.27. The van der Waals surface area contributed by atoms with Crippen molar-refractivity contribution in [3.63, 3.8) is 0 Å². The Hall–Kier alpha value is -2.17. The Morgan fingerprint density at radius 2 is 1.93 bits per heavy atom. The lowest BCUT2D eigenvalue weighted by Gasteiger charge is -2.06. The maximum atomic E-state index is 13.5. The summed E-state index contributed by atoms with van der Waals surface area (Å²) < 4.78 is 15.1. The van der Waals surface area contributed by atoms with E-state index in [0.29, 0.717) is 5.69 Å². The molecule has 0 amide bonds. The van der Waals surface area contributed by atoms with Crippen molar-refractivity contribution in [1.82, 2.24) is 4.57 Å². The van der Waals surface area contributed by atoms with Crippen LogP contribution < -0.4 is 5.73 Å². The first kappa shape index (κ1) is 9.39. The molecule has 1 aromatic heterocycles. The van der Waals surface area contributed by atoms with Gasteiger partial charge in [-0.05, 0) is 23.4 Å². The second-order valence-electron chi connectivity index (χ2n) is 3.04. The van der Waals surface area contributed by atoms with E-state index in [2.05, 4.69) is 5.18 Å². The van der Waals surface area contributed by atoms with Gasteiger partial charge in [0.05, 0.1) is 11.4 Å². The monoisotopic (exact) mass is 205 g/mol. The molecule has 0 unspecified atom stereocenters. The van der Waals surface area contributed by atoms with Gasteiger partial charge < -0.3 is 10.3 Å². The number of hydrogen-bond acceptors (Lipinski definition) is 3. The zero-order chi connectivity index (χ0) is 10.8. The van der Waals surface area contributed by atoms with Gasteiger partial charge in [-0.25, -0.2) is 4.39 Å². The van der Waals surface area contributed by atoms with E-state index in [1.165, 1.54) is 6.07 Å². The Labute approximate surface area is 85.1 Å². The molecular formula is C10H8FN3O. The molecule has 0 spiro atoms. The van der Waals surface area contributed by atoms with Crippen LogP contribution in [0.1, 0.15) is 0 Å². The normalized spacial score (nSPS) is 10.2. The van der Waals surface area contributed by atoms with E-state index in [-0.39, 0.29) is 11.4 Å². The Morgan fingerprint density at radius 1 is 1.27 bits per heavy atom. The third-order valence-corrected chi connectivity index (χ3v) is 2.08. The lowest BCUT2D eigenvalue weighted by molar-refractivity contribution is 0.619. The van der Waals surface area contributed by atoms with Gasteiger partial charge in [-0.3, -0.25) is 0 Å².